The van der Waals surface area contributed by atoms with Gasteiger partial charge in [-0.05, 0) is 31.0 Å². The highest BCUT2D eigenvalue weighted by Crippen LogP contribution is 2.22. The molecule has 2 aromatic rings. The van der Waals surface area contributed by atoms with Crippen LogP contribution in [0.15, 0.2) is 30.6 Å². The van der Waals surface area contributed by atoms with Crippen molar-refractivity contribution >= 4 is 11.4 Å². The van der Waals surface area contributed by atoms with E-state index < -0.39 is 0 Å². The third-order valence-corrected chi connectivity index (χ3v) is 2.88. The van der Waals surface area contributed by atoms with E-state index >= 15 is 0 Å². The summed E-state index contributed by atoms with van der Waals surface area (Å²) in [4.78, 5) is 7.40. The molecule has 1 unspecified atom stereocenters. The lowest BCUT2D eigenvalue weighted by molar-refractivity contribution is 0.704. The van der Waals surface area contributed by atoms with Crippen LogP contribution in [0.3, 0.4) is 0 Å². The maximum Gasteiger partial charge on any atom is 0.128 e. The van der Waals surface area contributed by atoms with E-state index in [1.54, 1.807) is 6.20 Å². The Balaban J connectivity index is 2.16. The Labute approximate surface area is 101 Å². The molecule has 1 atom stereocenters. The molecule has 0 bridgehead atoms. The summed E-state index contributed by atoms with van der Waals surface area (Å²) < 4.78 is 0. The number of H-pyrrole nitrogens is 1. The van der Waals surface area contributed by atoms with Gasteiger partial charge in [-0.3, -0.25) is 0 Å². The van der Waals surface area contributed by atoms with Crippen molar-refractivity contribution in [1.82, 2.24) is 9.97 Å². The van der Waals surface area contributed by atoms with Gasteiger partial charge in [0.05, 0.1) is 6.04 Å². The summed E-state index contributed by atoms with van der Waals surface area (Å²) in [6.45, 7) is 4.13. The van der Waals surface area contributed by atoms with E-state index in [2.05, 4.69) is 22.2 Å². The maximum absolute atomic E-state index is 5.89. The van der Waals surface area contributed by atoms with Crippen LogP contribution in [0.2, 0.25) is 0 Å². The summed E-state index contributed by atoms with van der Waals surface area (Å²) in [5, 5.41) is 3.43. The fraction of sp³-hybridized carbons (Fsp3) is 0.308. The lowest BCUT2D eigenvalue weighted by Gasteiger charge is -2.16. The normalized spacial score (nSPS) is 12.4. The van der Waals surface area contributed by atoms with E-state index in [0.717, 1.165) is 29.2 Å². The molecule has 0 fully saturated rings. The number of hydrogen-bond acceptors (Lipinski definition) is 3. The fourth-order valence-electron chi connectivity index (χ4n) is 1.76. The monoisotopic (exact) mass is 230 g/mol. The molecule has 2 rings (SSSR count). The molecule has 4 N–H and O–H groups in total. The first-order valence-electron chi connectivity index (χ1n) is 5.82. The van der Waals surface area contributed by atoms with Gasteiger partial charge >= 0.3 is 0 Å². The minimum absolute atomic E-state index is 0.187. The van der Waals surface area contributed by atoms with Crippen LogP contribution < -0.4 is 11.1 Å². The molecular formula is C13H18N4. The smallest absolute Gasteiger partial charge is 0.128 e. The van der Waals surface area contributed by atoms with Gasteiger partial charge in [0.25, 0.3) is 0 Å². The second-order valence-electron chi connectivity index (χ2n) is 4.15. The second-order valence-corrected chi connectivity index (χ2v) is 4.15. The SMILES string of the molecule is CCC(Nc1ccc(C)c(N)c1)c1ncc[nH]1. The molecule has 1 heterocycles. The Morgan fingerprint density at radius 2 is 2.29 bits per heavy atom. The zero-order chi connectivity index (χ0) is 12.3. The summed E-state index contributed by atoms with van der Waals surface area (Å²) in [5.74, 6) is 0.951. The summed E-state index contributed by atoms with van der Waals surface area (Å²) in [7, 11) is 0. The Morgan fingerprint density at radius 1 is 1.47 bits per heavy atom. The highest BCUT2D eigenvalue weighted by Gasteiger charge is 2.11. The highest BCUT2D eigenvalue weighted by atomic mass is 15.0. The van der Waals surface area contributed by atoms with Crippen LogP contribution in [0.25, 0.3) is 0 Å². The van der Waals surface area contributed by atoms with Crippen LogP contribution in [0, 0.1) is 6.92 Å². The first-order valence-corrected chi connectivity index (χ1v) is 5.82. The lowest BCUT2D eigenvalue weighted by Crippen LogP contribution is -2.11. The molecule has 1 aromatic carbocycles. The Hall–Kier alpha value is -1.97. The van der Waals surface area contributed by atoms with Gasteiger partial charge in [0.1, 0.15) is 5.82 Å². The van der Waals surface area contributed by atoms with E-state index in [-0.39, 0.29) is 6.04 Å². The van der Waals surface area contributed by atoms with Crippen LogP contribution in [0.4, 0.5) is 11.4 Å². The van der Waals surface area contributed by atoms with Crippen LogP contribution in [0.1, 0.15) is 30.8 Å². The Kier molecular flexibility index (Phi) is 3.32. The number of benzene rings is 1. The third-order valence-electron chi connectivity index (χ3n) is 2.88. The second kappa shape index (κ2) is 4.91. The molecule has 0 spiro atoms. The molecule has 1 aromatic heterocycles. The van der Waals surface area contributed by atoms with Crippen molar-refractivity contribution in [2.75, 3.05) is 11.1 Å². The van der Waals surface area contributed by atoms with Crippen LogP contribution >= 0.6 is 0 Å². The number of aromatic nitrogens is 2. The van der Waals surface area contributed by atoms with Gasteiger partial charge in [0.15, 0.2) is 0 Å². The van der Waals surface area contributed by atoms with E-state index in [4.69, 9.17) is 5.73 Å². The van der Waals surface area contributed by atoms with E-state index in [0.29, 0.717) is 0 Å². The van der Waals surface area contributed by atoms with Crippen molar-refractivity contribution in [3.8, 4) is 0 Å². The maximum atomic E-state index is 5.89. The molecule has 0 saturated heterocycles. The number of nitrogen functional groups attached to an aromatic ring is 1. The predicted molar refractivity (Wildman–Crippen MR) is 70.8 cm³/mol. The summed E-state index contributed by atoms with van der Waals surface area (Å²) >= 11 is 0. The summed E-state index contributed by atoms with van der Waals surface area (Å²) in [5.41, 5.74) is 8.83. The number of aromatic amines is 1. The molecular weight excluding hydrogens is 212 g/mol. The topological polar surface area (TPSA) is 66.7 Å². The molecule has 17 heavy (non-hydrogen) atoms. The number of aryl methyl sites for hydroxylation is 1. The van der Waals surface area contributed by atoms with Gasteiger partial charge in [0.2, 0.25) is 0 Å². The van der Waals surface area contributed by atoms with Crippen LogP contribution in [-0.2, 0) is 0 Å². The first kappa shape index (κ1) is 11.5. The summed E-state index contributed by atoms with van der Waals surface area (Å²) in [6.07, 6.45) is 4.56. The zero-order valence-corrected chi connectivity index (χ0v) is 10.2. The minimum Gasteiger partial charge on any atom is -0.398 e. The van der Waals surface area contributed by atoms with Crippen LogP contribution in [0.5, 0.6) is 0 Å². The lowest BCUT2D eigenvalue weighted by atomic mass is 10.1. The molecule has 0 aliphatic carbocycles. The molecule has 4 nitrogen and oxygen atoms in total. The van der Waals surface area contributed by atoms with Gasteiger partial charge < -0.3 is 16.0 Å². The molecule has 0 saturated carbocycles. The predicted octanol–water partition coefficient (Wildman–Crippen LogP) is 2.86. The fourth-order valence-corrected chi connectivity index (χ4v) is 1.76. The molecule has 0 aliphatic rings. The molecule has 0 aliphatic heterocycles. The Morgan fingerprint density at radius 3 is 2.88 bits per heavy atom. The van der Waals surface area contributed by atoms with Gasteiger partial charge in [0, 0.05) is 23.8 Å². The van der Waals surface area contributed by atoms with Gasteiger partial charge in [-0.1, -0.05) is 13.0 Å². The van der Waals surface area contributed by atoms with E-state index in [1.807, 2.05) is 31.3 Å². The van der Waals surface area contributed by atoms with E-state index in [9.17, 15) is 0 Å². The van der Waals surface area contributed by atoms with Crippen molar-refractivity contribution in [2.45, 2.75) is 26.3 Å². The number of anilines is 2. The van der Waals surface area contributed by atoms with E-state index in [1.165, 1.54) is 0 Å². The number of hydrogen-bond donors (Lipinski definition) is 3. The number of nitrogens with zero attached hydrogens (tertiary/aromatic N) is 1. The minimum atomic E-state index is 0.187. The van der Waals surface area contributed by atoms with Crippen LogP contribution in [-0.4, -0.2) is 9.97 Å². The van der Waals surface area contributed by atoms with Gasteiger partial charge in [-0.2, -0.15) is 0 Å². The average Bonchev–Trinajstić information content (AvgIpc) is 2.84. The third kappa shape index (κ3) is 2.58. The van der Waals surface area contributed by atoms with Crippen molar-refractivity contribution in [3.63, 3.8) is 0 Å². The molecule has 90 valence electrons. The number of rotatable bonds is 4. The average molecular weight is 230 g/mol. The number of imidazole rings is 1. The summed E-state index contributed by atoms with van der Waals surface area (Å²) in [6, 6.07) is 6.21. The zero-order valence-electron chi connectivity index (χ0n) is 10.2. The number of nitrogens with two attached hydrogens (primary N) is 1. The van der Waals surface area contributed by atoms with Crippen molar-refractivity contribution in [3.05, 3.63) is 42.0 Å². The van der Waals surface area contributed by atoms with Gasteiger partial charge in [-0.15, -0.1) is 0 Å². The molecule has 0 radical (unpaired) electrons. The van der Waals surface area contributed by atoms with Crippen molar-refractivity contribution < 1.29 is 0 Å². The van der Waals surface area contributed by atoms with Crippen molar-refractivity contribution in [2.24, 2.45) is 0 Å². The largest absolute Gasteiger partial charge is 0.398 e. The Bertz CT molecular complexity index is 476. The first-order chi connectivity index (χ1) is 8.20. The van der Waals surface area contributed by atoms with Gasteiger partial charge in [-0.25, -0.2) is 4.98 Å². The quantitative estimate of drug-likeness (QED) is 0.707. The molecule has 4 heteroatoms. The highest BCUT2D eigenvalue weighted by molar-refractivity contribution is 5.58. The standard InChI is InChI=1S/C13H18N4/c1-3-12(13-15-6-7-16-13)17-10-5-4-9(2)11(14)8-10/h4-8,12,17H,3,14H2,1-2H3,(H,15,16). The van der Waals surface area contributed by atoms with Crippen molar-refractivity contribution in [1.29, 1.82) is 0 Å². The number of nitrogens with one attached hydrogen (secondary N) is 2. The molecule has 0 amide bonds.